The number of aryl methyl sites for hydroxylation is 1. The van der Waals surface area contributed by atoms with Crippen LogP contribution in [0.3, 0.4) is 0 Å². The summed E-state index contributed by atoms with van der Waals surface area (Å²) in [6.07, 6.45) is -0.509. The molecule has 0 saturated carbocycles. The Morgan fingerprint density at radius 2 is 2.00 bits per heavy atom. The molecule has 0 atom stereocenters. The first-order valence-electron chi connectivity index (χ1n) is 6.88. The van der Waals surface area contributed by atoms with Crippen molar-refractivity contribution >= 4 is 6.09 Å². The van der Waals surface area contributed by atoms with Crippen molar-refractivity contribution < 1.29 is 14.6 Å². The molecule has 2 rings (SSSR count). The fourth-order valence-corrected chi connectivity index (χ4v) is 1.72. The van der Waals surface area contributed by atoms with E-state index in [4.69, 9.17) is 4.74 Å². The maximum atomic E-state index is 11.5. The normalized spacial score (nSPS) is 9.50. The lowest BCUT2D eigenvalue weighted by atomic mass is 10.1. The molecule has 0 bridgehead atoms. The molecule has 0 heterocycles. The minimum atomic E-state index is -0.509. The summed E-state index contributed by atoms with van der Waals surface area (Å²) in [4.78, 5) is 11.5. The zero-order chi connectivity index (χ0) is 15.8. The first kappa shape index (κ1) is 15.5. The van der Waals surface area contributed by atoms with Crippen molar-refractivity contribution in [2.75, 3.05) is 6.54 Å². The third-order valence-corrected chi connectivity index (χ3v) is 2.98. The minimum absolute atomic E-state index is 0.183. The summed E-state index contributed by atoms with van der Waals surface area (Å²) in [5.74, 6) is 5.88. The summed E-state index contributed by atoms with van der Waals surface area (Å²) >= 11 is 0. The molecular weight excluding hydrogens is 278 g/mol. The van der Waals surface area contributed by atoms with E-state index in [0.717, 1.165) is 11.1 Å². The van der Waals surface area contributed by atoms with Gasteiger partial charge in [-0.1, -0.05) is 48.2 Å². The molecule has 0 aliphatic carbocycles. The van der Waals surface area contributed by atoms with Gasteiger partial charge in [0, 0.05) is 5.56 Å². The van der Waals surface area contributed by atoms with Crippen molar-refractivity contribution in [2.24, 2.45) is 0 Å². The molecule has 0 unspecified atom stereocenters. The molecular formula is C18H17NO3. The number of benzene rings is 2. The summed E-state index contributed by atoms with van der Waals surface area (Å²) < 4.78 is 5.06. The molecule has 2 aromatic carbocycles. The van der Waals surface area contributed by atoms with Crippen molar-refractivity contribution in [3.05, 3.63) is 65.2 Å². The first-order chi connectivity index (χ1) is 10.6. The highest BCUT2D eigenvalue weighted by Crippen LogP contribution is 2.16. The smallest absolute Gasteiger partial charge is 0.408 e. The number of hydrogen-bond acceptors (Lipinski definition) is 3. The van der Waals surface area contributed by atoms with Crippen LogP contribution in [0.2, 0.25) is 0 Å². The Bertz CT molecular complexity index is 699. The van der Waals surface area contributed by atoms with Gasteiger partial charge in [-0.3, -0.25) is 0 Å². The Morgan fingerprint density at radius 1 is 1.23 bits per heavy atom. The molecule has 0 radical (unpaired) electrons. The van der Waals surface area contributed by atoms with Crippen LogP contribution in [0.25, 0.3) is 0 Å². The van der Waals surface area contributed by atoms with Crippen LogP contribution in [0.15, 0.2) is 48.5 Å². The summed E-state index contributed by atoms with van der Waals surface area (Å²) in [6.45, 7) is 2.23. The molecule has 22 heavy (non-hydrogen) atoms. The number of alkyl carbamates (subject to hydrolysis) is 1. The molecule has 0 spiro atoms. The topological polar surface area (TPSA) is 58.6 Å². The molecule has 4 heteroatoms. The number of ether oxygens (including phenoxy) is 1. The maximum Gasteiger partial charge on any atom is 0.408 e. The van der Waals surface area contributed by atoms with Crippen molar-refractivity contribution in [1.29, 1.82) is 0 Å². The molecule has 0 saturated heterocycles. The summed E-state index contributed by atoms with van der Waals surface area (Å²) in [5, 5.41) is 12.1. The van der Waals surface area contributed by atoms with Gasteiger partial charge in [-0.2, -0.15) is 0 Å². The molecule has 112 valence electrons. The molecule has 1 amide bonds. The van der Waals surface area contributed by atoms with Gasteiger partial charge >= 0.3 is 6.09 Å². The molecule has 0 aromatic heterocycles. The number of carbonyl (C=O) groups is 1. The molecule has 2 N–H and O–H groups in total. The molecule has 0 fully saturated rings. The Hall–Kier alpha value is -2.93. The highest BCUT2D eigenvalue weighted by Gasteiger charge is 2.00. The number of amides is 1. The maximum absolute atomic E-state index is 11.5. The van der Waals surface area contributed by atoms with E-state index in [0.29, 0.717) is 5.56 Å². The molecule has 4 nitrogen and oxygen atoms in total. The van der Waals surface area contributed by atoms with Gasteiger partial charge in [0.1, 0.15) is 12.4 Å². The van der Waals surface area contributed by atoms with E-state index < -0.39 is 6.09 Å². The quantitative estimate of drug-likeness (QED) is 0.856. The van der Waals surface area contributed by atoms with Crippen LogP contribution >= 0.6 is 0 Å². The van der Waals surface area contributed by atoms with E-state index in [1.165, 1.54) is 0 Å². The number of nitrogens with one attached hydrogen (secondary N) is 1. The van der Waals surface area contributed by atoms with Crippen LogP contribution in [0, 0.1) is 18.8 Å². The van der Waals surface area contributed by atoms with E-state index in [2.05, 4.69) is 17.2 Å². The second-order valence-corrected chi connectivity index (χ2v) is 4.72. The Morgan fingerprint density at radius 3 is 2.73 bits per heavy atom. The van der Waals surface area contributed by atoms with Gasteiger partial charge in [0.2, 0.25) is 0 Å². The van der Waals surface area contributed by atoms with Gasteiger partial charge in [0.25, 0.3) is 0 Å². The van der Waals surface area contributed by atoms with Crippen molar-refractivity contribution in [2.45, 2.75) is 13.5 Å². The molecule has 0 aliphatic rings. The van der Waals surface area contributed by atoms with E-state index in [1.54, 1.807) is 12.1 Å². The van der Waals surface area contributed by atoms with Crippen LogP contribution in [0.4, 0.5) is 4.79 Å². The Balaban J connectivity index is 1.75. The predicted molar refractivity (Wildman–Crippen MR) is 84.4 cm³/mol. The van der Waals surface area contributed by atoms with Gasteiger partial charge in [-0.25, -0.2) is 4.79 Å². The van der Waals surface area contributed by atoms with Crippen LogP contribution in [-0.2, 0) is 11.3 Å². The van der Waals surface area contributed by atoms with Gasteiger partial charge in [-0.15, -0.1) is 0 Å². The van der Waals surface area contributed by atoms with E-state index in [1.807, 2.05) is 43.3 Å². The van der Waals surface area contributed by atoms with E-state index >= 15 is 0 Å². The predicted octanol–water partition coefficient (Wildman–Crippen LogP) is 2.98. The van der Waals surface area contributed by atoms with Crippen LogP contribution in [0.1, 0.15) is 16.7 Å². The van der Waals surface area contributed by atoms with Crippen LogP contribution in [0.5, 0.6) is 5.75 Å². The van der Waals surface area contributed by atoms with E-state index in [-0.39, 0.29) is 18.9 Å². The van der Waals surface area contributed by atoms with E-state index in [9.17, 15) is 9.90 Å². The van der Waals surface area contributed by atoms with Crippen molar-refractivity contribution in [3.63, 3.8) is 0 Å². The molecule has 0 aliphatic heterocycles. The van der Waals surface area contributed by atoms with Crippen molar-refractivity contribution in [1.82, 2.24) is 5.32 Å². The number of phenols is 1. The van der Waals surface area contributed by atoms with Gasteiger partial charge in [0.05, 0.1) is 6.54 Å². The largest absolute Gasteiger partial charge is 0.508 e. The fraction of sp³-hybridized carbons (Fsp3) is 0.167. The van der Waals surface area contributed by atoms with Crippen LogP contribution in [-0.4, -0.2) is 17.7 Å². The lowest BCUT2D eigenvalue weighted by Gasteiger charge is -2.04. The monoisotopic (exact) mass is 295 g/mol. The third-order valence-electron chi connectivity index (χ3n) is 2.98. The Kier molecular flexibility index (Phi) is 5.44. The van der Waals surface area contributed by atoms with Gasteiger partial charge < -0.3 is 15.2 Å². The standard InChI is InChI=1S/C18H17NO3/c1-14-9-10-15(12-17(14)20)8-5-11-19-18(21)22-13-16-6-3-2-4-7-16/h2-4,6-7,9-10,12,20H,11,13H2,1H3,(H,19,21). The fourth-order valence-electron chi connectivity index (χ4n) is 1.72. The first-order valence-corrected chi connectivity index (χ1v) is 6.88. The number of aromatic hydroxyl groups is 1. The highest BCUT2D eigenvalue weighted by atomic mass is 16.5. The lowest BCUT2D eigenvalue weighted by molar-refractivity contribution is 0.141. The number of rotatable bonds is 3. The average Bonchev–Trinajstić information content (AvgIpc) is 2.54. The average molecular weight is 295 g/mol. The number of carbonyl (C=O) groups excluding carboxylic acids is 1. The zero-order valence-corrected chi connectivity index (χ0v) is 12.3. The lowest BCUT2D eigenvalue weighted by Crippen LogP contribution is -2.24. The Labute approximate surface area is 129 Å². The number of hydrogen-bond donors (Lipinski definition) is 2. The highest BCUT2D eigenvalue weighted by molar-refractivity contribution is 5.67. The zero-order valence-electron chi connectivity index (χ0n) is 12.3. The second kappa shape index (κ2) is 7.75. The van der Waals surface area contributed by atoms with Gasteiger partial charge in [0.15, 0.2) is 0 Å². The summed E-state index contributed by atoms with van der Waals surface area (Å²) in [6, 6.07) is 14.7. The minimum Gasteiger partial charge on any atom is -0.508 e. The number of phenolic OH excluding ortho intramolecular Hbond substituents is 1. The van der Waals surface area contributed by atoms with Crippen molar-refractivity contribution in [3.8, 4) is 17.6 Å². The third kappa shape index (κ3) is 4.88. The van der Waals surface area contributed by atoms with Gasteiger partial charge in [-0.05, 0) is 30.2 Å². The molecule has 2 aromatic rings. The summed E-state index contributed by atoms with van der Waals surface area (Å²) in [5.41, 5.74) is 2.43. The SMILES string of the molecule is Cc1ccc(C#CCNC(=O)OCc2ccccc2)cc1O. The second-order valence-electron chi connectivity index (χ2n) is 4.72. The summed E-state index contributed by atoms with van der Waals surface area (Å²) in [7, 11) is 0. The van der Waals surface area contributed by atoms with Crippen LogP contribution < -0.4 is 5.32 Å².